The summed E-state index contributed by atoms with van der Waals surface area (Å²) >= 11 is 0. The highest BCUT2D eigenvalue weighted by Crippen LogP contribution is 2.25. The predicted molar refractivity (Wildman–Crippen MR) is 93.2 cm³/mol. The number of nitrogens with two attached hydrogens (primary N) is 1. The van der Waals surface area contributed by atoms with E-state index in [2.05, 4.69) is 5.32 Å². The van der Waals surface area contributed by atoms with Crippen LogP contribution in [0, 0.1) is 10.1 Å². The molecule has 1 amide bonds. The summed E-state index contributed by atoms with van der Waals surface area (Å²) in [7, 11) is 0. The number of primary amides is 1. The average molecular weight is 345 g/mol. The number of amides is 1. The van der Waals surface area contributed by atoms with E-state index in [0.717, 1.165) is 11.8 Å². The molecule has 0 saturated carbocycles. The Kier molecular flexibility index (Phi) is 6.16. The lowest BCUT2D eigenvalue weighted by atomic mass is 10.1. The zero-order valence-electron chi connectivity index (χ0n) is 13.7. The van der Waals surface area contributed by atoms with Crippen molar-refractivity contribution in [3.05, 3.63) is 58.1 Å². The summed E-state index contributed by atoms with van der Waals surface area (Å²) < 4.78 is 10.9. The van der Waals surface area contributed by atoms with Crippen LogP contribution in [0.25, 0.3) is 0 Å². The minimum absolute atomic E-state index is 0.0860. The second-order valence-corrected chi connectivity index (χ2v) is 5.03. The topological polar surface area (TPSA) is 117 Å². The van der Waals surface area contributed by atoms with Crippen LogP contribution in [0.1, 0.15) is 17.3 Å². The Morgan fingerprint density at radius 3 is 2.36 bits per heavy atom. The van der Waals surface area contributed by atoms with Gasteiger partial charge in [0.05, 0.1) is 11.5 Å². The average Bonchev–Trinajstić information content (AvgIpc) is 2.60. The summed E-state index contributed by atoms with van der Waals surface area (Å²) in [6.07, 6.45) is 0. The van der Waals surface area contributed by atoms with Crippen LogP contribution in [-0.4, -0.2) is 30.6 Å². The van der Waals surface area contributed by atoms with Crippen LogP contribution in [0.3, 0.4) is 0 Å². The minimum Gasteiger partial charge on any atom is -0.494 e. The summed E-state index contributed by atoms with van der Waals surface area (Å²) in [5, 5.41) is 14.0. The van der Waals surface area contributed by atoms with Gasteiger partial charge in [-0.25, -0.2) is 0 Å². The van der Waals surface area contributed by atoms with Crippen molar-refractivity contribution in [1.82, 2.24) is 0 Å². The van der Waals surface area contributed by atoms with Crippen molar-refractivity contribution in [3.63, 3.8) is 0 Å². The fourth-order valence-corrected chi connectivity index (χ4v) is 2.14. The largest absolute Gasteiger partial charge is 0.494 e. The summed E-state index contributed by atoms with van der Waals surface area (Å²) in [5.74, 6) is 0.718. The Hall–Kier alpha value is -3.29. The number of hydrogen-bond donors (Lipinski definition) is 2. The highest BCUT2D eigenvalue weighted by Gasteiger charge is 2.16. The number of nitrogens with zero attached hydrogens (tertiary/aromatic N) is 1. The number of nitrogens with one attached hydrogen (secondary N) is 1. The number of anilines is 1. The maximum absolute atomic E-state index is 11.1. The number of carbonyl (C=O) groups excluding carboxylic acids is 1. The lowest BCUT2D eigenvalue weighted by Gasteiger charge is -2.10. The number of carbonyl (C=O) groups is 1. The summed E-state index contributed by atoms with van der Waals surface area (Å²) in [6.45, 7) is 3.16. The van der Waals surface area contributed by atoms with Gasteiger partial charge in [-0.1, -0.05) is 0 Å². The Labute approximate surface area is 144 Å². The molecule has 2 rings (SSSR count). The smallest absolute Gasteiger partial charge is 0.293 e. The van der Waals surface area contributed by atoms with Crippen LogP contribution in [0.2, 0.25) is 0 Å². The zero-order chi connectivity index (χ0) is 18.2. The zero-order valence-corrected chi connectivity index (χ0v) is 13.7. The van der Waals surface area contributed by atoms with Gasteiger partial charge in [0.25, 0.3) is 5.69 Å². The van der Waals surface area contributed by atoms with Crippen LogP contribution in [0.4, 0.5) is 11.4 Å². The Morgan fingerprint density at radius 2 is 1.80 bits per heavy atom. The molecule has 0 heterocycles. The third-order valence-corrected chi connectivity index (χ3v) is 3.30. The minimum atomic E-state index is -0.714. The van der Waals surface area contributed by atoms with Gasteiger partial charge >= 0.3 is 0 Å². The molecule has 0 spiro atoms. The third-order valence-electron chi connectivity index (χ3n) is 3.30. The molecule has 0 aliphatic rings. The standard InChI is InChI=1S/C17H19N3O5/c1-2-24-13-4-6-14(7-5-13)25-10-9-19-15-8-3-12(17(18)21)11-16(15)20(22)23/h3-8,11,19H,2,9-10H2,1H3,(H2,18,21). The van der Waals surface area contributed by atoms with Crippen LogP contribution in [0.5, 0.6) is 11.5 Å². The molecule has 0 atom stereocenters. The lowest BCUT2D eigenvalue weighted by Crippen LogP contribution is -2.14. The van der Waals surface area contributed by atoms with Crippen molar-refractivity contribution in [2.24, 2.45) is 5.73 Å². The van der Waals surface area contributed by atoms with Gasteiger partial charge in [-0.3, -0.25) is 14.9 Å². The summed E-state index contributed by atoms with van der Waals surface area (Å²) in [6, 6.07) is 11.2. The fraction of sp³-hybridized carbons (Fsp3) is 0.235. The summed E-state index contributed by atoms with van der Waals surface area (Å²) in [5.41, 5.74) is 5.31. The summed E-state index contributed by atoms with van der Waals surface area (Å²) in [4.78, 5) is 21.7. The Balaban J connectivity index is 1.90. The molecule has 0 bridgehead atoms. The Bertz CT molecular complexity index is 746. The molecule has 8 heteroatoms. The van der Waals surface area contributed by atoms with E-state index >= 15 is 0 Å². The van der Waals surface area contributed by atoms with E-state index in [4.69, 9.17) is 15.2 Å². The van der Waals surface area contributed by atoms with Crippen LogP contribution >= 0.6 is 0 Å². The SMILES string of the molecule is CCOc1ccc(OCCNc2ccc(C(N)=O)cc2[N+](=O)[O-])cc1. The van der Waals surface area contributed by atoms with Crippen molar-refractivity contribution < 1.29 is 19.2 Å². The lowest BCUT2D eigenvalue weighted by molar-refractivity contribution is -0.384. The first-order valence-electron chi connectivity index (χ1n) is 7.69. The fourth-order valence-electron chi connectivity index (χ4n) is 2.14. The van der Waals surface area contributed by atoms with Crippen molar-refractivity contribution in [2.45, 2.75) is 6.92 Å². The molecule has 2 aromatic rings. The van der Waals surface area contributed by atoms with E-state index in [0.29, 0.717) is 31.2 Å². The number of hydrogen-bond acceptors (Lipinski definition) is 6. The molecule has 0 fully saturated rings. The number of nitro benzene ring substituents is 1. The molecule has 8 nitrogen and oxygen atoms in total. The molecule has 0 radical (unpaired) electrons. The molecule has 3 N–H and O–H groups in total. The van der Waals surface area contributed by atoms with Crippen LogP contribution in [0.15, 0.2) is 42.5 Å². The third kappa shape index (κ3) is 5.10. The molecule has 0 aliphatic heterocycles. The predicted octanol–water partition coefficient (Wildman–Crippen LogP) is 2.58. The first-order valence-corrected chi connectivity index (χ1v) is 7.69. The number of ether oxygens (including phenoxy) is 2. The van der Waals surface area contributed by atoms with E-state index < -0.39 is 10.8 Å². The van der Waals surface area contributed by atoms with Crippen LogP contribution in [-0.2, 0) is 0 Å². The number of rotatable bonds is 9. The van der Waals surface area contributed by atoms with Crippen molar-refractivity contribution >= 4 is 17.3 Å². The molecule has 0 aromatic heterocycles. The van der Waals surface area contributed by atoms with E-state index in [1.54, 1.807) is 24.3 Å². The van der Waals surface area contributed by atoms with E-state index in [9.17, 15) is 14.9 Å². The molecule has 0 unspecified atom stereocenters. The molecular weight excluding hydrogens is 326 g/mol. The monoisotopic (exact) mass is 345 g/mol. The normalized spacial score (nSPS) is 10.1. The van der Waals surface area contributed by atoms with Crippen molar-refractivity contribution in [3.8, 4) is 11.5 Å². The van der Waals surface area contributed by atoms with Gasteiger partial charge in [-0.15, -0.1) is 0 Å². The second kappa shape index (κ2) is 8.53. The highest BCUT2D eigenvalue weighted by atomic mass is 16.6. The molecule has 132 valence electrons. The van der Waals surface area contributed by atoms with Gasteiger partial charge in [-0.05, 0) is 43.3 Å². The number of nitro groups is 1. The van der Waals surface area contributed by atoms with E-state index in [1.165, 1.54) is 12.1 Å². The first-order chi connectivity index (χ1) is 12.0. The first kappa shape index (κ1) is 18.1. The highest BCUT2D eigenvalue weighted by molar-refractivity contribution is 5.94. The molecule has 0 saturated heterocycles. The van der Waals surface area contributed by atoms with Gasteiger partial charge in [0.1, 0.15) is 23.8 Å². The van der Waals surface area contributed by atoms with Gasteiger partial charge < -0.3 is 20.5 Å². The maximum Gasteiger partial charge on any atom is 0.293 e. The van der Waals surface area contributed by atoms with Crippen LogP contribution < -0.4 is 20.5 Å². The van der Waals surface area contributed by atoms with Gasteiger partial charge in [0, 0.05) is 18.2 Å². The van der Waals surface area contributed by atoms with E-state index in [-0.39, 0.29) is 11.3 Å². The van der Waals surface area contributed by atoms with Gasteiger partial charge in [0.15, 0.2) is 0 Å². The van der Waals surface area contributed by atoms with Crippen molar-refractivity contribution in [1.29, 1.82) is 0 Å². The number of benzene rings is 2. The van der Waals surface area contributed by atoms with Gasteiger partial charge in [-0.2, -0.15) is 0 Å². The van der Waals surface area contributed by atoms with E-state index in [1.807, 2.05) is 6.92 Å². The van der Waals surface area contributed by atoms with Crippen molar-refractivity contribution in [2.75, 3.05) is 25.1 Å². The molecule has 0 aliphatic carbocycles. The second-order valence-electron chi connectivity index (χ2n) is 5.03. The quantitative estimate of drug-likeness (QED) is 0.410. The Morgan fingerprint density at radius 1 is 1.16 bits per heavy atom. The maximum atomic E-state index is 11.1. The molecule has 25 heavy (non-hydrogen) atoms. The molecule has 2 aromatic carbocycles. The van der Waals surface area contributed by atoms with Gasteiger partial charge in [0.2, 0.25) is 5.91 Å². The molecular formula is C17H19N3O5.